The van der Waals surface area contributed by atoms with Gasteiger partial charge < -0.3 is 19.3 Å². The van der Waals surface area contributed by atoms with Crippen LogP contribution >= 0.6 is 0 Å². The van der Waals surface area contributed by atoms with Crippen LogP contribution < -0.4 is 4.90 Å². The van der Waals surface area contributed by atoms with Gasteiger partial charge in [0.15, 0.2) is 5.82 Å². The number of carbonyl (C=O) groups is 1. The Morgan fingerprint density at radius 1 is 0.892 bits per heavy atom. The van der Waals surface area contributed by atoms with Crippen LogP contribution in [0.15, 0.2) is 60.7 Å². The van der Waals surface area contributed by atoms with E-state index in [1.165, 1.54) is 27.9 Å². The largest absolute Gasteiger partial charge is 0.350 e. The third kappa shape index (κ3) is 4.40. The van der Waals surface area contributed by atoms with Crippen molar-refractivity contribution in [2.75, 3.05) is 44.7 Å². The molecule has 2 aromatic heterocycles. The highest BCUT2D eigenvalue weighted by atomic mass is 16.2. The summed E-state index contributed by atoms with van der Waals surface area (Å²) in [7, 11) is 2.11. The van der Waals surface area contributed by atoms with Crippen molar-refractivity contribution in [2.24, 2.45) is 0 Å². The van der Waals surface area contributed by atoms with E-state index in [1.54, 1.807) is 0 Å². The van der Waals surface area contributed by atoms with Crippen LogP contribution in [-0.2, 0) is 19.5 Å². The van der Waals surface area contributed by atoms with Gasteiger partial charge in [0.1, 0.15) is 5.69 Å². The zero-order chi connectivity index (χ0) is 25.5. The van der Waals surface area contributed by atoms with Crippen LogP contribution in [0.3, 0.4) is 0 Å². The first-order valence-corrected chi connectivity index (χ1v) is 13.3. The average Bonchev–Trinajstić information content (AvgIpc) is 3.17. The van der Waals surface area contributed by atoms with Crippen LogP contribution in [0.25, 0.3) is 10.9 Å². The van der Waals surface area contributed by atoms with Gasteiger partial charge in [-0.2, -0.15) is 0 Å². The highest BCUT2D eigenvalue weighted by molar-refractivity contribution is 6.01. The van der Waals surface area contributed by atoms with Crippen LogP contribution in [0.1, 0.15) is 38.4 Å². The van der Waals surface area contributed by atoms with Gasteiger partial charge in [-0.15, -0.1) is 0 Å². The van der Waals surface area contributed by atoms with E-state index in [4.69, 9.17) is 4.98 Å². The predicted molar refractivity (Wildman–Crippen MR) is 149 cm³/mol. The number of benzene rings is 2. The normalized spacial score (nSPS) is 16.3. The Bertz CT molecular complexity index is 1450. The van der Waals surface area contributed by atoms with Crippen LogP contribution in [0, 0.1) is 13.8 Å². The van der Waals surface area contributed by atoms with Crippen LogP contribution in [0.2, 0.25) is 0 Å². The van der Waals surface area contributed by atoms with Crippen molar-refractivity contribution in [1.29, 1.82) is 0 Å². The molecule has 0 bridgehead atoms. The number of anilines is 1. The minimum absolute atomic E-state index is 0.0431. The fourth-order valence-electron chi connectivity index (χ4n) is 5.78. The molecule has 2 aliphatic heterocycles. The second-order valence-corrected chi connectivity index (χ2v) is 10.5. The lowest BCUT2D eigenvalue weighted by Gasteiger charge is -2.33. The Morgan fingerprint density at radius 3 is 2.35 bits per heavy atom. The lowest BCUT2D eigenvalue weighted by Crippen LogP contribution is -2.47. The van der Waals surface area contributed by atoms with Crippen molar-refractivity contribution in [3.8, 4) is 0 Å². The summed E-state index contributed by atoms with van der Waals surface area (Å²) in [5.74, 6) is 0.970. The topological polar surface area (TPSA) is 44.6 Å². The summed E-state index contributed by atoms with van der Waals surface area (Å²) in [6.45, 7) is 10.1. The molecule has 0 aliphatic carbocycles. The molecule has 0 radical (unpaired) electrons. The van der Waals surface area contributed by atoms with Crippen molar-refractivity contribution in [3.63, 3.8) is 0 Å². The molecule has 0 N–H and O–H groups in total. The predicted octanol–water partition coefficient (Wildman–Crippen LogP) is 4.65. The van der Waals surface area contributed by atoms with Gasteiger partial charge in [-0.1, -0.05) is 54.6 Å². The molecule has 2 aromatic carbocycles. The summed E-state index contributed by atoms with van der Waals surface area (Å²) in [6.07, 6.45) is 0.980. The Labute approximate surface area is 219 Å². The molecule has 1 fully saturated rings. The average molecular weight is 494 g/mol. The van der Waals surface area contributed by atoms with E-state index in [1.807, 2.05) is 11.0 Å². The molecule has 1 amide bonds. The number of aromatic nitrogens is 2. The number of likely N-dealkylation sites (N-methyl/N-ethyl adjacent to an activating group) is 1. The molecule has 0 saturated carbocycles. The first kappa shape index (κ1) is 23.7. The Hall–Kier alpha value is -3.64. The minimum atomic E-state index is 0.0431. The van der Waals surface area contributed by atoms with Crippen molar-refractivity contribution in [1.82, 2.24) is 19.4 Å². The number of nitrogens with zero attached hydrogens (tertiary/aromatic N) is 5. The molecule has 190 valence electrons. The fourth-order valence-corrected chi connectivity index (χ4v) is 5.78. The van der Waals surface area contributed by atoms with Gasteiger partial charge >= 0.3 is 0 Å². The van der Waals surface area contributed by atoms with E-state index >= 15 is 0 Å². The lowest BCUT2D eigenvalue weighted by molar-refractivity contribution is 0.0658. The summed E-state index contributed by atoms with van der Waals surface area (Å²) in [6, 6.07) is 21.3. The molecule has 0 atom stereocenters. The number of amides is 1. The van der Waals surface area contributed by atoms with E-state index in [9.17, 15) is 4.79 Å². The number of fused-ring (bicyclic) bond motifs is 2. The molecule has 4 aromatic rings. The van der Waals surface area contributed by atoms with Gasteiger partial charge in [-0.25, -0.2) is 4.98 Å². The highest BCUT2D eigenvalue weighted by Gasteiger charge is 2.28. The number of rotatable bonds is 4. The molecule has 4 heterocycles. The summed E-state index contributed by atoms with van der Waals surface area (Å²) in [4.78, 5) is 25.5. The Kier molecular flexibility index (Phi) is 6.21. The fraction of sp³-hybridized carbons (Fsp3) is 0.355. The molecule has 0 spiro atoms. The molecule has 1 saturated heterocycles. The quantitative estimate of drug-likeness (QED) is 0.415. The second-order valence-electron chi connectivity index (χ2n) is 10.5. The second kappa shape index (κ2) is 9.67. The van der Waals surface area contributed by atoms with E-state index in [0.29, 0.717) is 5.69 Å². The zero-order valence-electron chi connectivity index (χ0n) is 22.1. The summed E-state index contributed by atoms with van der Waals surface area (Å²) in [5.41, 5.74) is 8.15. The van der Waals surface area contributed by atoms with Gasteiger partial charge in [-0.05, 0) is 55.6 Å². The number of aryl methyl sites for hydroxylation is 1. The van der Waals surface area contributed by atoms with Gasteiger partial charge in [-0.3, -0.25) is 4.79 Å². The monoisotopic (exact) mass is 493 g/mol. The highest BCUT2D eigenvalue weighted by Crippen LogP contribution is 2.35. The van der Waals surface area contributed by atoms with E-state index in [-0.39, 0.29) is 5.91 Å². The third-order valence-electron chi connectivity index (χ3n) is 8.22. The molecule has 6 heteroatoms. The summed E-state index contributed by atoms with van der Waals surface area (Å²) >= 11 is 0. The van der Waals surface area contributed by atoms with Crippen LogP contribution in [0.5, 0.6) is 0 Å². The number of piperazine rings is 1. The summed E-state index contributed by atoms with van der Waals surface area (Å²) in [5, 5.41) is 1.13. The molecule has 37 heavy (non-hydrogen) atoms. The van der Waals surface area contributed by atoms with Crippen LogP contribution in [0.4, 0.5) is 5.82 Å². The lowest BCUT2D eigenvalue weighted by atomic mass is 10.00. The number of carbonyl (C=O) groups excluding carboxylic acids is 1. The van der Waals surface area contributed by atoms with Crippen molar-refractivity contribution < 1.29 is 4.79 Å². The molecule has 6 nitrogen and oxygen atoms in total. The van der Waals surface area contributed by atoms with Gasteiger partial charge in [0, 0.05) is 56.9 Å². The van der Waals surface area contributed by atoms with E-state index in [0.717, 1.165) is 69.0 Å². The number of hydrogen-bond acceptors (Lipinski definition) is 4. The molecule has 0 unspecified atom stereocenters. The first-order valence-electron chi connectivity index (χ1n) is 13.3. The number of hydrogen-bond donors (Lipinski definition) is 0. The summed E-state index contributed by atoms with van der Waals surface area (Å²) < 4.78 is 2.40. The Morgan fingerprint density at radius 2 is 1.59 bits per heavy atom. The zero-order valence-corrected chi connectivity index (χ0v) is 22.1. The van der Waals surface area contributed by atoms with E-state index in [2.05, 4.69) is 89.9 Å². The first-order chi connectivity index (χ1) is 18.0. The maximum absolute atomic E-state index is 13.7. The van der Waals surface area contributed by atoms with Crippen molar-refractivity contribution >= 4 is 22.6 Å². The van der Waals surface area contributed by atoms with Gasteiger partial charge in [0.25, 0.3) is 5.91 Å². The van der Waals surface area contributed by atoms with Crippen molar-refractivity contribution in [2.45, 2.75) is 33.4 Å². The molecule has 2 aliphatic rings. The van der Waals surface area contributed by atoms with E-state index < -0.39 is 0 Å². The standard InChI is InChI=1S/C31H35N5O/c1-22-23(2)36(20-24-9-5-4-6-10-24)29-27(22)19-28(31(37)34-17-15-33(3)16-18-34)32-30(29)35-14-13-25-11-7-8-12-26(25)21-35/h4-12,19H,13-18,20-21H2,1-3H3. The molecular weight excluding hydrogens is 458 g/mol. The molecule has 6 rings (SSSR count). The van der Waals surface area contributed by atoms with Crippen molar-refractivity contribution in [3.05, 3.63) is 94.3 Å². The smallest absolute Gasteiger partial charge is 0.272 e. The van der Waals surface area contributed by atoms with Crippen LogP contribution in [-0.4, -0.2) is 65.0 Å². The number of pyridine rings is 1. The maximum atomic E-state index is 13.7. The minimum Gasteiger partial charge on any atom is -0.350 e. The Balaban J connectivity index is 1.49. The third-order valence-corrected chi connectivity index (χ3v) is 8.22. The SMILES string of the molecule is Cc1c(C)n(Cc2ccccc2)c2c(N3CCc4ccccc4C3)nc(C(=O)N3CCN(C)CC3)cc12. The van der Waals surface area contributed by atoms with Gasteiger partial charge in [0.05, 0.1) is 5.52 Å². The van der Waals surface area contributed by atoms with Gasteiger partial charge in [0.2, 0.25) is 0 Å². The maximum Gasteiger partial charge on any atom is 0.272 e. The molecular formula is C31H35N5O.